The Kier molecular flexibility index (Phi) is 2.99. The number of carbonyl (C=O) groups is 1. The molecule has 0 fully saturated rings. The Balaban J connectivity index is 2.16. The third kappa shape index (κ3) is 1.96. The van der Waals surface area contributed by atoms with Gasteiger partial charge in [-0.25, -0.2) is 0 Å². The second kappa shape index (κ2) is 4.43. The molecule has 0 radical (unpaired) electrons. The number of nitrogens with zero attached hydrogens (tertiary/aromatic N) is 1. The van der Waals surface area contributed by atoms with Crippen molar-refractivity contribution in [2.24, 2.45) is 0 Å². The predicted molar refractivity (Wildman–Crippen MR) is 61.2 cm³/mol. The largest absolute Gasteiger partial charge is 0.496 e. The topological polar surface area (TPSA) is 49.8 Å². The maximum atomic E-state index is 10.5. The van der Waals surface area contributed by atoms with E-state index in [1.165, 1.54) is 5.56 Å². The van der Waals surface area contributed by atoms with Gasteiger partial charge in [0.25, 0.3) is 0 Å². The molecule has 4 nitrogen and oxygen atoms in total. The first-order valence-corrected chi connectivity index (χ1v) is 5.35. The van der Waals surface area contributed by atoms with Crippen molar-refractivity contribution >= 4 is 11.7 Å². The highest BCUT2D eigenvalue weighted by Gasteiger charge is 2.22. The summed E-state index contributed by atoms with van der Waals surface area (Å²) in [5.74, 6) is 0.145. The molecular weight excluding hydrogens is 206 g/mol. The van der Waals surface area contributed by atoms with Crippen LogP contribution in [0.5, 0.6) is 5.75 Å². The van der Waals surface area contributed by atoms with Crippen molar-refractivity contribution < 1.29 is 14.6 Å². The van der Waals surface area contributed by atoms with Gasteiger partial charge < -0.3 is 14.7 Å². The number of rotatable bonds is 4. The third-order valence-electron chi connectivity index (χ3n) is 2.90. The number of aliphatic carboxylic acids is 1. The van der Waals surface area contributed by atoms with E-state index >= 15 is 0 Å². The minimum atomic E-state index is -0.753. The fourth-order valence-electron chi connectivity index (χ4n) is 2.12. The van der Waals surface area contributed by atoms with E-state index in [4.69, 9.17) is 9.84 Å². The summed E-state index contributed by atoms with van der Waals surface area (Å²) in [6.07, 6.45) is 1.11. The van der Waals surface area contributed by atoms with Gasteiger partial charge in [0, 0.05) is 24.3 Å². The molecule has 0 unspecified atom stereocenters. The third-order valence-corrected chi connectivity index (χ3v) is 2.90. The lowest BCUT2D eigenvalue weighted by atomic mass is 10.1. The van der Waals surface area contributed by atoms with Crippen molar-refractivity contribution in [3.05, 3.63) is 23.8 Å². The Morgan fingerprint density at radius 2 is 2.38 bits per heavy atom. The van der Waals surface area contributed by atoms with Crippen LogP contribution in [-0.2, 0) is 11.2 Å². The molecule has 0 aliphatic carbocycles. The first-order valence-electron chi connectivity index (χ1n) is 5.35. The molecule has 2 rings (SSSR count). The molecule has 1 aliphatic rings. The van der Waals surface area contributed by atoms with E-state index in [0.29, 0.717) is 6.54 Å². The van der Waals surface area contributed by atoms with Crippen molar-refractivity contribution in [2.75, 3.05) is 25.1 Å². The van der Waals surface area contributed by atoms with Gasteiger partial charge in [0.1, 0.15) is 5.75 Å². The second-order valence-corrected chi connectivity index (χ2v) is 3.84. The van der Waals surface area contributed by atoms with Crippen molar-refractivity contribution in [1.82, 2.24) is 0 Å². The SMILES string of the molecule is COc1cccc2c1CCN2CCC(=O)O. The molecule has 0 amide bonds. The summed E-state index contributed by atoms with van der Waals surface area (Å²) >= 11 is 0. The van der Waals surface area contributed by atoms with E-state index in [1.807, 2.05) is 18.2 Å². The normalized spacial score (nSPS) is 13.7. The molecule has 0 saturated heterocycles. The smallest absolute Gasteiger partial charge is 0.305 e. The zero-order valence-electron chi connectivity index (χ0n) is 9.27. The molecule has 1 aromatic rings. The summed E-state index contributed by atoms with van der Waals surface area (Å²) in [7, 11) is 1.66. The summed E-state index contributed by atoms with van der Waals surface area (Å²) in [6.45, 7) is 1.44. The van der Waals surface area contributed by atoms with Crippen LogP contribution in [0.2, 0.25) is 0 Å². The van der Waals surface area contributed by atoms with Gasteiger partial charge in [-0.2, -0.15) is 0 Å². The lowest BCUT2D eigenvalue weighted by Crippen LogP contribution is -2.23. The number of hydrogen-bond donors (Lipinski definition) is 1. The highest BCUT2D eigenvalue weighted by atomic mass is 16.5. The van der Waals surface area contributed by atoms with Gasteiger partial charge in [-0.15, -0.1) is 0 Å². The van der Waals surface area contributed by atoms with Gasteiger partial charge in [0.2, 0.25) is 0 Å². The van der Waals surface area contributed by atoms with Crippen LogP contribution < -0.4 is 9.64 Å². The molecule has 0 spiro atoms. The molecule has 0 bridgehead atoms. The van der Waals surface area contributed by atoms with Crippen LogP contribution >= 0.6 is 0 Å². The van der Waals surface area contributed by atoms with Crippen molar-refractivity contribution in [3.63, 3.8) is 0 Å². The zero-order valence-corrected chi connectivity index (χ0v) is 9.27. The fourth-order valence-corrected chi connectivity index (χ4v) is 2.12. The first kappa shape index (κ1) is 10.8. The van der Waals surface area contributed by atoms with Crippen LogP contribution in [0.25, 0.3) is 0 Å². The maximum Gasteiger partial charge on any atom is 0.305 e. The molecule has 1 aliphatic heterocycles. The average Bonchev–Trinajstić information content (AvgIpc) is 2.69. The summed E-state index contributed by atoms with van der Waals surface area (Å²) in [4.78, 5) is 12.6. The van der Waals surface area contributed by atoms with Crippen LogP contribution in [0.15, 0.2) is 18.2 Å². The Morgan fingerprint density at radius 1 is 1.56 bits per heavy atom. The van der Waals surface area contributed by atoms with E-state index in [-0.39, 0.29) is 6.42 Å². The van der Waals surface area contributed by atoms with Gasteiger partial charge in [-0.3, -0.25) is 4.79 Å². The van der Waals surface area contributed by atoms with Crippen LogP contribution in [0.1, 0.15) is 12.0 Å². The predicted octanol–water partition coefficient (Wildman–Crippen LogP) is 1.53. The summed E-state index contributed by atoms with van der Waals surface area (Å²) < 4.78 is 5.29. The molecule has 16 heavy (non-hydrogen) atoms. The van der Waals surface area contributed by atoms with Gasteiger partial charge in [-0.05, 0) is 18.6 Å². The lowest BCUT2D eigenvalue weighted by Gasteiger charge is -2.18. The van der Waals surface area contributed by atoms with Gasteiger partial charge in [0.15, 0.2) is 0 Å². The number of hydrogen-bond acceptors (Lipinski definition) is 3. The molecule has 1 heterocycles. The lowest BCUT2D eigenvalue weighted by molar-refractivity contribution is -0.136. The van der Waals surface area contributed by atoms with Crippen LogP contribution in [0, 0.1) is 0 Å². The summed E-state index contributed by atoms with van der Waals surface area (Å²) in [5.41, 5.74) is 2.30. The molecule has 1 N–H and O–H groups in total. The van der Waals surface area contributed by atoms with Crippen molar-refractivity contribution in [2.45, 2.75) is 12.8 Å². The molecule has 4 heteroatoms. The van der Waals surface area contributed by atoms with Gasteiger partial charge >= 0.3 is 5.97 Å². The number of carboxylic acids is 1. The van der Waals surface area contributed by atoms with Crippen LogP contribution in [0.3, 0.4) is 0 Å². The molecule has 0 aromatic heterocycles. The second-order valence-electron chi connectivity index (χ2n) is 3.84. The summed E-state index contributed by atoms with van der Waals surface area (Å²) in [6, 6.07) is 5.91. The average molecular weight is 221 g/mol. The number of anilines is 1. The Labute approximate surface area is 94.4 Å². The van der Waals surface area contributed by atoms with E-state index in [1.54, 1.807) is 7.11 Å². The van der Waals surface area contributed by atoms with E-state index in [9.17, 15) is 4.79 Å². The van der Waals surface area contributed by atoms with Crippen LogP contribution in [-0.4, -0.2) is 31.3 Å². The van der Waals surface area contributed by atoms with Gasteiger partial charge in [0.05, 0.1) is 13.5 Å². The maximum absolute atomic E-state index is 10.5. The number of ether oxygens (including phenoxy) is 1. The van der Waals surface area contributed by atoms with Crippen molar-refractivity contribution in [3.8, 4) is 5.75 Å². The molecule has 1 aromatic carbocycles. The Hall–Kier alpha value is -1.71. The van der Waals surface area contributed by atoms with Crippen molar-refractivity contribution in [1.29, 1.82) is 0 Å². The highest BCUT2D eigenvalue weighted by molar-refractivity contribution is 5.69. The highest BCUT2D eigenvalue weighted by Crippen LogP contribution is 2.34. The Morgan fingerprint density at radius 3 is 3.06 bits per heavy atom. The quantitative estimate of drug-likeness (QED) is 0.837. The van der Waals surface area contributed by atoms with Crippen LogP contribution in [0.4, 0.5) is 5.69 Å². The number of benzene rings is 1. The minimum Gasteiger partial charge on any atom is -0.496 e. The number of carboxylic acid groups (broad SMARTS) is 1. The molecule has 0 atom stereocenters. The molecule has 0 saturated carbocycles. The fraction of sp³-hybridized carbons (Fsp3) is 0.417. The Bertz CT molecular complexity index is 403. The van der Waals surface area contributed by atoms with E-state index in [0.717, 1.165) is 24.4 Å². The number of methoxy groups -OCH3 is 1. The first-order chi connectivity index (χ1) is 7.72. The molecular formula is C12H15NO3. The number of fused-ring (bicyclic) bond motifs is 1. The molecule has 86 valence electrons. The van der Waals surface area contributed by atoms with Gasteiger partial charge in [-0.1, -0.05) is 6.07 Å². The van der Waals surface area contributed by atoms with E-state index in [2.05, 4.69) is 4.90 Å². The standard InChI is InChI=1S/C12H15NO3/c1-16-11-4-2-3-10-9(11)5-7-13(10)8-6-12(14)15/h2-4H,5-8H2,1H3,(H,14,15). The zero-order chi connectivity index (χ0) is 11.5. The minimum absolute atomic E-state index is 0.177. The monoisotopic (exact) mass is 221 g/mol. The van der Waals surface area contributed by atoms with E-state index < -0.39 is 5.97 Å². The summed E-state index contributed by atoms with van der Waals surface area (Å²) in [5, 5.41) is 8.67.